The van der Waals surface area contributed by atoms with Crippen LogP contribution in [0.3, 0.4) is 0 Å². The standard InChI is InChI=1S/C13H16N4O2S/c1-2-8-14-9-7-12-15-16-13(20-12)10-5-3-4-6-11(10)17(18)19/h3-6,14H,2,7-9H2,1H3. The Morgan fingerprint density at radius 3 is 2.85 bits per heavy atom. The van der Waals surface area contributed by atoms with Crippen LogP contribution in [0.2, 0.25) is 0 Å². The SMILES string of the molecule is CCCNCCc1nnc(-c2ccccc2[N+](=O)[O-])s1. The molecule has 1 aromatic heterocycles. The van der Waals surface area contributed by atoms with Crippen molar-refractivity contribution in [1.29, 1.82) is 0 Å². The average Bonchev–Trinajstić information content (AvgIpc) is 2.92. The van der Waals surface area contributed by atoms with Gasteiger partial charge in [-0.05, 0) is 19.0 Å². The fourth-order valence-electron chi connectivity index (χ4n) is 1.77. The van der Waals surface area contributed by atoms with E-state index in [-0.39, 0.29) is 10.6 Å². The lowest BCUT2D eigenvalue weighted by Gasteiger charge is -1.99. The maximum atomic E-state index is 11.0. The maximum Gasteiger partial charge on any atom is 0.279 e. The monoisotopic (exact) mass is 292 g/mol. The first kappa shape index (κ1) is 14.5. The van der Waals surface area contributed by atoms with Gasteiger partial charge in [0.15, 0.2) is 5.01 Å². The van der Waals surface area contributed by atoms with Gasteiger partial charge in [-0.2, -0.15) is 0 Å². The van der Waals surface area contributed by atoms with Crippen LogP contribution in [-0.4, -0.2) is 28.2 Å². The van der Waals surface area contributed by atoms with Crippen molar-refractivity contribution in [3.63, 3.8) is 0 Å². The lowest BCUT2D eigenvalue weighted by Crippen LogP contribution is -2.17. The van der Waals surface area contributed by atoms with Crippen LogP contribution in [0, 0.1) is 10.1 Å². The first-order valence-corrected chi connectivity index (χ1v) is 7.31. The number of nitro groups is 1. The molecule has 0 fully saturated rings. The van der Waals surface area contributed by atoms with Gasteiger partial charge >= 0.3 is 0 Å². The van der Waals surface area contributed by atoms with Crippen molar-refractivity contribution in [2.75, 3.05) is 13.1 Å². The lowest BCUT2D eigenvalue weighted by atomic mass is 10.2. The van der Waals surface area contributed by atoms with Gasteiger partial charge < -0.3 is 5.32 Å². The van der Waals surface area contributed by atoms with Crippen molar-refractivity contribution in [3.05, 3.63) is 39.4 Å². The van der Waals surface area contributed by atoms with Crippen LogP contribution < -0.4 is 5.32 Å². The maximum absolute atomic E-state index is 11.0. The summed E-state index contributed by atoms with van der Waals surface area (Å²) in [6, 6.07) is 6.61. The molecule has 2 rings (SSSR count). The third-order valence-corrected chi connectivity index (χ3v) is 3.76. The van der Waals surface area contributed by atoms with E-state index in [0.29, 0.717) is 10.6 Å². The Bertz CT molecular complexity index is 585. The molecule has 6 nitrogen and oxygen atoms in total. The van der Waals surface area contributed by atoms with Crippen LogP contribution in [0.5, 0.6) is 0 Å². The molecular weight excluding hydrogens is 276 g/mol. The van der Waals surface area contributed by atoms with Gasteiger partial charge in [0.25, 0.3) is 5.69 Å². The van der Waals surface area contributed by atoms with Gasteiger partial charge in [-0.1, -0.05) is 30.4 Å². The first-order valence-electron chi connectivity index (χ1n) is 6.49. The highest BCUT2D eigenvalue weighted by Crippen LogP contribution is 2.31. The predicted octanol–water partition coefficient (Wildman–Crippen LogP) is 2.66. The molecule has 2 aromatic rings. The lowest BCUT2D eigenvalue weighted by molar-refractivity contribution is -0.384. The van der Waals surface area contributed by atoms with Crippen LogP contribution >= 0.6 is 11.3 Å². The van der Waals surface area contributed by atoms with Crippen LogP contribution in [-0.2, 0) is 6.42 Å². The molecule has 1 N–H and O–H groups in total. The predicted molar refractivity (Wildman–Crippen MR) is 78.9 cm³/mol. The van der Waals surface area contributed by atoms with E-state index in [1.165, 1.54) is 17.4 Å². The van der Waals surface area contributed by atoms with E-state index in [9.17, 15) is 10.1 Å². The number of nitro benzene ring substituents is 1. The minimum absolute atomic E-state index is 0.0688. The summed E-state index contributed by atoms with van der Waals surface area (Å²) in [5.74, 6) is 0. The van der Waals surface area contributed by atoms with Gasteiger partial charge in [0.2, 0.25) is 0 Å². The summed E-state index contributed by atoms with van der Waals surface area (Å²) < 4.78 is 0. The smallest absolute Gasteiger partial charge is 0.279 e. The Kier molecular flexibility index (Phi) is 5.14. The topological polar surface area (TPSA) is 81.0 Å². The van der Waals surface area contributed by atoms with Gasteiger partial charge in [-0.25, -0.2) is 0 Å². The Balaban J connectivity index is 2.11. The summed E-state index contributed by atoms with van der Waals surface area (Å²) in [4.78, 5) is 10.6. The molecule has 0 saturated carbocycles. The number of nitrogens with zero attached hydrogens (tertiary/aromatic N) is 3. The third kappa shape index (κ3) is 3.58. The molecule has 106 valence electrons. The molecule has 20 heavy (non-hydrogen) atoms. The van der Waals surface area contributed by atoms with E-state index in [0.717, 1.165) is 30.9 Å². The molecule has 0 aliphatic carbocycles. The second-order valence-corrected chi connectivity index (χ2v) is 5.34. The minimum atomic E-state index is -0.390. The van der Waals surface area contributed by atoms with E-state index in [1.54, 1.807) is 18.2 Å². The summed E-state index contributed by atoms with van der Waals surface area (Å²) in [5, 5.41) is 23.9. The molecular formula is C13H16N4O2S. The van der Waals surface area contributed by atoms with Gasteiger partial charge in [0.05, 0.1) is 10.5 Å². The Hall–Kier alpha value is -1.86. The molecule has 0 spiro atoms. The van der Waals surface area contributed by atoms with Crippen molar-refractivity contribution in [3.8, 4) is 10.6 Å². The number of aromatic nitrogens is 2. The van der Waals surface area contributed by atoms with Gasteiger partial charge in [-0.15, -0.1) is 10.2 Å². The van der Waals surface area contributed by atoms with E-state index in [2.05, 4.69) is 22.4 Å². The molecule has 0 bridgehead atoms. The summed E-state index contributed by atoms with van der Waals surface area (Å²) >= 11 is 1.41. The number of nitrogens with one attached hydrogen (secondary N) is 1. The Morgan fingerprint density at radius 1 is 1.30 bits per heavy atom. The zero-order chi connectivity index (χ0) is 14.4. The molecule has 0 aliphatic rings. The highest BCUT2D eigenvalue weighted by Gasteiger charge is 2.17. The molecule has 0 unspecified atom stereocenters. The van der Waals surface area contributed by atoms with Crippen molar-refractivity contribution < 1.29 is 4.92 Å². The fourth-order valence-corrected chi connectivity index (χ4v) is 2.65. The highest BCUT2D eigenvalue weighted by atomic mass is 32.1. The van der Waals surface area contributed by atoms with Crippen LogP contribution in [0.15, 0.2) is 24.3 Å². The van der Waals surface area contributed by atoms with Crippen molar-refractivity contribution in [2.24, 2.45) is 0 Å². The number of para-hydroxylation sites is 1. The van der Waals surface area contributed by atoms with Crippen LogP contribution in [0.1, 0.15) is 18.4 Å². The molecule has 7 heteroatoms. The molecule has 0 radical (unpaired) electrons. The first-order chi connectivity index (χ1) is 9.72. The van der Waals surface area contributed by atoms with E-state index < -0.39 is 0 Å². The second kappa shape index (κ2) is 7.06. The zero-order valence-corrected chi connectivity index (χ0v) is 12.0. The normalized spacial score (nSPS) is 10.7. The van der Waals surface area contributed by atoms with Crippen LogP contribution in [0.25, 0.3) is 10.6 Å². The number of hydrogen-bond acceptors (Lipinski definition) is 6. The molecule has 0 aliphatic heterocycles. The second-order valence-electron chi connectivity index (χ2n) is 4.28. The van der Waals surface area contributed by atoms with Crippen molar-refractivity contribution in [1.82, 2.24) is 15.5 Å². The zero-order valence-electron chi connectivity index (χ0n) is 11.2. The molecule has 0 amide bonds. The minimum Gasteiger partial charge on any atom is -0.316 e. The van der Waals surface area contributed by atoms with E-state index >= 15 is 0 Å². The molecule has 0 atom stereocenters. The summed E-state index contributed by atoms with van der Waals surface area (Å²) in [7, 11) is 0. The van der Waals surface area contributed by atoms with Gasteiger partial charge in [0.1, 0.15) is 5.01 Å². The summed E-state index contributed by atoms with van der Waals surface area (Å²) in [6.07, 6.45) is 1.88. The quantitative estimate of drug-likeness (QED) is 0.482. The average molecular weight is 292 g/mol. The largest absolute Gasteiger partial charge is 0.316 e. The summed E-state index contributed by atoms with van der Waals surface area (Å²) in [5.41, 5.74) is 0.599. The van der Waals surface area contributed by atoms with E-state index in [4.69, 9.17) is 0 Å². The molecule has 0 saturated heterocycles. The van der Waals surface area contributed by atoms with Gasteiger partial charge in [0, 0.05) is 19.0 Å². The fraction of sp³-hybridized carbons (Fsp3) is 0.385. The van der Waals surface area contributed by atoms with Crippen molar-refractivity contribution in [2.45, 2.75) is 19.8 Å². The summed E-state index contributed by atoms with van der Waals surface area (Å²) in [6.45, 7) is 3.94. The third-order valence-electron chi connectivity index (χ3n) is 2.74. The van der Waals surface area contributed by atoms with Crippen molar-refractivity contribution >= 4 is 17.0 Å². The Morgan fingerprint density at radius 2 is 2.10 bits per heavy atom. The number of rotatable bonds is 7. The van der Waals surface area contributed by atoms with E-state index in [1.807, 2.05) is 0 Å². The molecule has 1 aromatic carbocycles. The highest BCUT2D eigenvalue weighted by molar-refractivity contribution is 7.14. The number of hydrogen-bond donors (Lipinski definition) is 1. The van der Waals surface area contributed by atoms with Crippen LogP contribution in [0.4, 0.5) is 5.69 Å². The number of benzene rings is 1. The Labute approximate surface area is 121 Å². The van der Waals surface area contributed by atoms with Gasteiger partial charge in [-0.3, -0.25) is 10.1 Å². The molecule has 1 heterocycles.